The van der Waals surface area contributed by atoms with E-state index in [1.54, 1.807) is 17.5 Å². The number of pyridine rings is 1. The highest BCUT2D eigenvalue weighted by atomic mass is 32.1. The van der Waals surface area contributed by atoms with Crippen LogP contribution in [0.25, 0.3) is 11.1 Å². The zero-order valence-corrected chi connectivity index (χ0v) is 30.7. The molecule has 3 aliphatic rings. The third kappa shape index (κ3) is 10.3. The van der Waals surface area contributed by atoms with E-state index in [9.17, 15) is 9.59 Å². The lowest BCUT2D eigenvalue weighted by Gasteiger charge is -2.41. The van der Waals surface area contributed by atoms with Crippen molar-refractivity contribution in [2.45, 2.75) is 71.8 Å². The van der Waals surface area contributed by atoms with Gasteiger partial charge in [0.25, 0.3) is 5.56 Å². The Labute approximate surface area is 297 Å². The Balaban J connectivity index is 0.000000347. The Kier molecular flexibility index (Phi) is 14.9. The first-order chi connectivity index (χ1) is 23.9. The van der Waals surface area contributed by atoms with Crippen molar-refractivity contribution < 1.29 is 9.53 Å². The van der Waals surface area contributed by atoms with Crippen LogP contribution in [-0.2, 0) is 17.6 Å². The van der Waals surface area contributed by atoms with Gasteiger partial charge in [0.1, 0.15) is 5.69 Å². The van der Waals surface area contributed by atoms with Crippen molar-refractivity contribution in [1.82, 2.24) is 14.8 Å². The number of hydrogen-bond donors (Lipinski definition) is 3. The molecule has 2 saturated heterocycles. The summed E-state index contributed by atoms with van der Waals surface area (Å²) in [5.41, 5.74) is 8.43. The molecule has 0 spiro atoms. The molecule has 8 nitrogen and oxygen atoms in total. The number of H-pyrrole nitrogens is 1. The van der Waals surface area contributed by atoms with E-state index in [2.05, 4.69) is 76.7 Å². The first kappa shape index (κ1) is 37.9. The van der Waals surface area contributed by atoms with E-state index in [1.807, 2.05) is 32.2 Å². The van der Waals surface area contributed by atoms with Crippen LogP contribution in [-0.4, -0.2) is 73.6 Å². The van der Waals surface area contributed by atoms with Gasteiger partial charge < -0.3 is 25.3 Å². The highest BCUT2D eigenvalue weighted by Crippen LogP contribution is 2.30. The van der Waals surface area contributed by atoms with E-state index < -0.39 is 0 Å². The number of rotatable bonds is 9. The van der Waals surface area contributed by atoms with Gasteiger partial charge >= 0.3 is 0 Å². The molecule has 4 heterocycles. The number of morpholine rings is 1. The predicted octanol–water partition coefficient (Wildman–Crippen LogP) is 8.04. The van der Waals surface area contributed by atoms with Gasteiger partial charge in [-0.3, -0.25) is 14.5 Å². The van der Waals surface area contributed by atoms with Crippen LogP contribution in [0.2, 0.25) is 0 Å². The van der Waals surface area contributed by atoms with Crippen molar-refractivity contribution in [2.24, 2.45) is 0 Å². The number of aromatic amines is 1. The maximum Gasteiger partial charge on any atom is 0.271 e. The number of likely N-dealkylation sites (tertiary alicyclic amines) is 1. The monoisotopic (exact) mass is 685 g/mol. The lowest BCUT2D eigenvalue weighted by molar-refractivity contribution is 0.00326. The fourth-order valence-corrected chi connectivity index (χ4v) is 7.98. The number of thiophene rings is 1. The van der Waals surface area contributed by atoms with Gasteiger partial charge in [0, 0.05) is 73.0 Å². The van der Waals surface area contributed by atoms with Crippen LogP contribution in [0.3, 0.4) is 0 Å². The van der Waals surface area contributed by atoms with E-state index >= 15 is 0 Å². The summed E-state index contributed by atoms with van der Waals surface area (Å²) in [7, 11) is 1.92. The van der Waals surface area contributed by atoms with Crippen molar-refractivity contribution in [3.05, 3.63) is 104 Å². The average molecular weight is 686 g/mol. The topological polar surface area (TPSA) is 89.7 Å². The number of fused-ring (bicyclic) bond motifs is 1. The van der Waals surface area contributed by atoms with Crippen molar-refractivity contribution in [1.29, 1.82) is 0 Å². The highest BCUT2D eigenvalue weighted by Gasteiger charge is 2.26. The summed E-state index contributed by atoms with van der Waals surface area (Å²) in [6.07, 6.45) is 15.4. The van der Waals surface area contributed by atoms with Gasteiger partial charge in [-0.2, -0.15) is 0 Å². The summed E-state index contributed by atoms with van der Waals surface area (Å²) >= 11 is 1.67. The summed E-state index contributed by atoms with van der Waals surface area (Å²) in [5.74, 6) is 0. The fraction of sp³-hybridized carbons (Fsp3) is 0.450. The number of nitrogens with zero attached hydrogens (tertiary/aromatic N) is 2. The van der Waals surface area contributed by atoms with Crippen LogP contribution in [0.1, 0.15) is 71.6 Å². The van der Waals surface area contributed by atoms with Crippen LogP contribution < -0.4 is 16.2 Å². The number of aromatic nitrogens is 1. The number of piperidine rings is 1. The number of ether oxygens (including phenoxy) is 1. The molecule has 0 radical (unpaired) electrons. The van der Waals surface area contributed by atoms with E-state index in [1.165, 1.54) is 54.7 Å². The largest absolute Gasteiger partial charge is 0.388 e. The van der Waals surface area contributed by atoms with Gasteiger partial charge in [0.15, 0.2) is 6.29 Å². The normalized spacial score (nSPS) is 17.2. The van der Waals surface area contributed by atoms with Gasteiger partial charge in [0.05, 0.1) is 18.1 Å². The van der Waals surface area contributed by atoms with Gasteiger partial charge in [-0.05, 0) is 106 Å². The Morgan fingerprint density at radius 2 is 1.80 bits per heavy atom. The lowest BCUT2D eigenvalue weighted by atomic mass is 9.99. The van der Waals surface area contributed by atoms with Gasteiger partial charge in [-0.25, -0.2) is 0 Å². The maximum atomic E-state index is 12.6. The molecule has 2 fully saturated rings. The predicted molar refractivity (Wildman–Crippen MR) is 207 cm³/mol. The third-order valence-corrected chi connectivity index (χ3v) is 10.8. The zero-order chi connectivity index (χ0) is 35.2. The molecular formula is C40H55N5O3S. The van der Waals surface area contributed by atoms with E-state index in [-0.39, 0.29) is 5.56 Å². The second-order valence-corrected chi connectivity index (χ2v) is 13.8. The molecule has 0 saturated carbocycles. The number of benzene rings is 1. The first-order valence-electron chi connectivity index (χ1n) is 17.7. The molecule has 2 aliphatic heterocycles. The average Bonchev–Trinajstić information content (AvgIpc) is 3.58. The van der Waals surface area contributed by atoms with Crippen LogP contribution in [0.5, 0.6) is 0 Å². The van der Waals surface area contributed by atoms with E-state index in [0.717, 1.165) is 85.1 Å². The second kappa shape index (κ2) is 19.3. The minimum absolute atomic E-state index is 0.126. The van der Waals surface area contributed by atoms with Crippen molar-refractivity contribution in [3.8, 4) is 11.1 Å². The molecule has 0 unspecified atom stereocenters. The third-order valence-electron chi connectivity index (χ3n) is 9.60. The van der Waals surface area contributed by atoms with Gasteiger partial charge in [0.2, 0.25) is 0 Å². The maximum absolute atomic E-state index is 12.6. The quantitative estimate of drug-likeness (QED) is 0.119. The van der Waals surface area contributed by atoms with Crippen molar-refractivity contribution >= 4 is 29.0 Å². The lowest BCUT2D eigenvalue weighted by Crippen LogP contribution is -2.48. The highest BCUT2D eigenvalue weighted by molar-refractivity contribution is 7.13. The molecular weight excluding hydrogens is 631 g/mol. The summed E-state index contributed by atoms with van der Waals surface area (Å²) in [6.45, 7) is 18.4. The number of carbonyl (C=O) groups excluding carboxylic acids is 1. The Bertz CT molecular complexity index is 1600. The summed E-state index contributed by atoms with van der Waals surface area (Å²) < 4.78 is 5.52. The molecule has 3 N–H and O–H groups in total. The Morgan fingerprint density at radius 1 is 1.06 bits per heavy atom. The van der Waals surface area contributed by atoms with Crippen LogP contribution in [0.15, 0.2) is 78.0 Å². The Morgan fingerprint density at radius 3 is 2.47 bits per heavy atom. The molecule has 6 rings (SSSR count). The minimum atomic E-state index is -0.126. The van der Waals surface area contributed by atoms with Crippen LogP contribution in [0.4, 0.5) is 11.4 Å². The smallest absolute Gasteiger partial charge is 0.271 e. The number of aldehydes is 1. The molecule has 2 aromatic heterocycles. The molecule has 0 amide bonds. The zero-order valence-electron chi connectivity index (χ0n) is 29.9. The van der Waals surface area contributed by atoms with Crippen molar-refractivity contribution in [3.63, 3.8) is 0 Å². The van der Waals surface area contributed by atoms with Gasteiger partial charge in [-0.1, -0.05) is 19.1 Å². The number of nitrogens with one attached hydrogen (secondary N) is 3. The van der Waals surface area contributed by atoms with E-state index in [0.29, 0.717) is 11.7 Å². The number of hydrogen-bond acceptors (Lipinski definition) is 8. The van der Waals surface area contributed by atoms with Crippen LogP contribution in [0, 0.1) is 6.92 Å². The number of carbonyl (C=O) groups is 1. The summed E-state index contributed by atoms with van der Waals surface area (Å²) in [5, 5.41) is 6.55. The summed E-state index contributed by atoms with van der Waals surface area (Å²) in [6, 6.07) is 10.8. The molecule has 1 aliphatic carbocycles. The molecule has 3 aromatic rings. The summed E-state index contributed by atoms with van der Waals surface area (Å²) in [4.78, 5) is 33.4. The number of allylic oxidation sites excluding steroid dienone is 4. The Hall–Kier alpha value is -3.92. The van der Waals surface area contributed by atoms with Crippen molar-refractivity contribution in [2.75, 3.05) is 57.1 Å². The van der Waals surface area contributed by atoms with E-state index in [4.69, 9.17) is 4.74 Å². The SMILES string of the molecule is C=C.CC/C(=C\C=C(/C)Nc1cc(-c2cccc(NC)c2C)c[nH]c1=O)N1CCC(N2CCOCC2)CC1.O=Cc1cc2c(s1)CCCC2. The number of anilines is 2. The molecule has 264 valence electrons. The van der Waals surface area contributed by atoms with Gasteiger partial charge in [-0.15, -0.1) is 24.5 Å². The minimum Gasteiger partial charge on any atom is -0.388 e. The fourth-order valence-electron chi connectivity index (χ4n) is 6.91. The second-order valence-electron chi connectivity index (χ2n) is 12.6. The van der Waals surface area contributed by atoms with Crippen LogP contribution >= 0.6 is 11.3 Å². The molecule has 0 atom stereocenters. The first-order valence-corrected chi connectivity index (χ1v) is 18.5. The molecule has 1 aromatic carbocycles. The number of aryl methyl sites for hydroxylation is 2. The molecule has 9 heteroatoms. The molecule has 0 bridgehead atoms. The standard InChI is InChI=1S/C29H41N5O2.C9H10OS.C2H4/c1-5-24(33-13-11-25(12-14-33)34-15-17-36-18-16-34)10-9-21(2)32-28-19-23(20-31-29(28)35)26-7-6-8-27(30-4)22(26)3;10-6-8-5-7-3-1-2-4-9(7)11-8;1-2/h6-10,19-20,25,30,32H,5,11-18H2,1-4H3,(H,31,35);5-6H,1-4H2;1-2H2/b21-9+,24-10+;;. The molecule has 49 heavy (non-hydrogen) atoms.